The number of benzene rings is 2. The van der Waals surface area contributed by atoms with E-state index < -0.39 is 11.6 Å². The van der Waals surface area contributed by atoms with Crippen LogP contribution in [-0.2, 0) is 0 Å². The maximum absolute atomic E-state index is 10.3. The highest BCUT2D eigenvalue weighted by atomic mass is 35.5. The fourth-order valence-corrected chi connectivity index (χ4v) is 3.28. The predicted molar refractivity (Wildman–Crippen MR) is 97.2 cm³/mol. The molecule has 130 valence electrons. The van der Waals surface area contributed by atoms with E-state index in [4.69, 9.17) is 11.8 Å². The van der Waals surface area contributed by atoms with E-state index in [9.17, 15) is 15.3 Å². The van der Waals surface area contributed by atoms with Crippen molar-refractivity contribution < 1.29 is 15.3 Å². The van der Waals surface area contributed by atoms with Gasteiger partial charge in [0.05, 0.1) is 24.9 Å². The lowest BCUT2D eigenvalue weighted by atomic mass is 9.92. The Balaban J connectivity index is 2.04. The Labute approximate surface area is 151 Å². The molecule has 0 saturated heterocycles. The first kappa shape index (κ1) is 19.2. The van der Waals surface area contributed by atoms with E-state index in [-0.39, 0.29) is 19.6 Å². The van der Waals surface area contributed by atoms with E-state index in [0.29, 0.717) is 5.56 Å². The van der Waals surface area contributed by atoms with Gasteiger partial charge in [0.25, 0.3) is 0 Å². The fourth-order valence-electron chi connectivity index (χ4n) is 2.27. The Morgan fingerprint density at radius 3 is 1.96 bits per heavy atom. The van der Waals surface area contributed by atoms with Crippen LogP contribution >= 0.6 is 23.5 Å². The van der Waals surface area contributed by atoms with E-state index in [1.807, 2.05) is 24.3 Å². The van der Waals surface area contributed by atoms with Crippen molar-refractivity contribution in [2.45, 2.75) is 34.8 Å². The smallest absolute Gasteiger partial charge is 0.0819 e. The minimum Gasteiger partial charge on any atom is -0.394 e. The molecule has 0 radical (unpaired) electrons. The molecule has 0 saturated carbocycles. The molecule has 0 amide bonds. The molecule has 4 N–H and O–H groups in total. The zero-order valence-corrected chi connectivity index (χ0v) is 15.0. The monoisotopic (exact) mass is 367 g/mol. The molecule has 1 atom stereocenters. The number of hydrogen-bond donors (Lipinski definition) is 4. The first-order valence-corrected chi connectivity index (χ1v) is 8.83. The van der Waals surface area contributed by atoms with Crippen LogP contribution in [0.4, 0.5) is 0 Å². The first-order chi connectivity index (χ1) is 11.5. The normalized spacial score (nSPS) is 13.0. The highest BCUT2D eigenvalue weighted by Crippen LogP contribution is 2.30. The van der Waals surface area contributed by atoms with Crippen LogP contribution in [0.25, 0.3) is 0 Å². The van der Waals surface area contributed by atoms with E-state index in [0.717, 1.165) is 9.79 Å². The molecule has 2 aromatic carbocycles. The molecule has 0 heterocycles. The van der Waals surface area contributed by atoms with Gasteiger partial charge in [-0.15, -0.1) is 0 Å². The molecule has 0 aliphatic carbocycles. The molecule has 24 heavy (non-hydrogen) atoms. The first-order valence-electron chi connectivity index (χ1n) is 7.64. The summed E-state index contributed by atoms with van der Waals surface area (Å²) in [6.07, 6.45) is -0.734. The molecule has 2 aromatic rings. The third-order valence-electron chi connectivity index (χ3n) is 3.91. The summed E-state index contributed by atoms with van der Waals surface area (Å²) in [5.41, 5.74) is 0.819. The van der Waals surface area contributed by atoms with E-state index >= 15 is 0 Å². The predicted octanol–water partition coefficient (Wildman–Crippen LogP) is 3.04. The van der Waals surface area contributed by atoms with Gasteiger partial charge in [-0.3, -0.25) is 0 Å². The minimum absolute atomic E-state index is 0.105. The van der Waals surface area contributed by atoms with Gasteiger partial charge in [0.2, 0.25) is 0 Å². The van der Waals surface area contributed by atoms with Gasteiger partial charge in [0.1, 0.15) is 0 Å². The van der Waals surface area contributed by atoms with Crippen LogP contribution in [-0.4, -0.2) is 34.1 Å². The van der Waals surface area contributed by atoms with Gasteiger partial charge in [0, 0.05) is 16.2 Å². The van der Waals surface area contributed by atoms with Crippen molar-refractivity contribution >= 4 is 23.5 Å². The van der Waals surface area contributed by atoms with Gasteiger partial charge < -0.3 is 15.3 Å². The lowest BCUT2D eigenvalue weighted by Crippen LogP contribution is -2.48. The summed E-state index contributed by atoms with van der Waals surface area (Å²) in [4.78, 5) is 4.60. The van der Waals surface area contributed by atoms with Crippen LogP contribution in [0, 0.1) is 6.92 Å². The number of hydrogen-bond acceptors (Lipinski definition) is 5. The molecule has 6 heteroatoms. The Morgan fingerprint density at radius 2 is 1.50 bits per heavy atom. The summed E-state index contributed by atoms with van der Waals surface area (Å²) >= 11 is 7.25. The number of aryl methyl sites for hydroxylation is 1. The molecule has 0 bridgehead atoms. The molecule has 0 aromatic heterocycles. The van der Waals surface area contributed by atoms with Crippen molar-refractivity contribution in [3.8, 4) is 0 Å². The van der Waals surface area contributed by atoms with Gasteiger partial charge in [-0.25, -0.2) is 4.84 Å². The summed E-state index contributed by atoms with van der Waals surface area (Å²) in [6, 6.07) is 15.9. The standard InChI is InChI=1S/C18H22ClNO3S/c1-13-2-6-15(7-3-13)24-16-8-4-14(5-9-16)17(23)10-18(11-21,12-22)20-19/h2-9,17,20-23H,10-12H2,1H3. The van der Waals surface area contributed by atoms with Crippen molar-refractivity contribution in [3.63, 3.8) is 0 Å². The Kier molecular flexibility index (Phi) is 7.10. The maximum Gasteiger partial charge on any atom is 0.0819 e. The second-order valence-electron chi connectivity index (χ2n) is 5.90. The molecular weight excluding hydrogens is 346 g/mol. The van der Waals surface area contributed by atoms with Crippen molar-refractivity contribution in [2.75, 3.05) is 13.2 Å². The van der Waals surface area contributed by atoms with Crippen LogP contribution in [0.3, 0.4) is 0 Å². The summed E-state index contributed by atoms with van der Waals surface area (Å²) in [5.74, 6) is 0. The SMILES string of the molecule is Cc1ccc(Sc2ccc(C(O)CC(CO)(CO)NCl)cc2)cc1. The highest BCUT2D eigenvalue weighted by molar-refractivity contribution is 7.99. The van der Waals surface area contributed by atoms with Crippen molar-refractivity contribution in [2.24, 2.45) is 0 Å². The largest absolute Gasteiger partial charge is 0.394 e. The summed E-state index contributed by atoms with van der Waals surface area (Å²) in [5, 5.41) is 29.1. The third kappa shape index (κ3) is 4.96. The lowest BCUT2D eigenvalue weighted by Gasteiger charge is -2.30. The Morgan fingerprint density at radius 1 is 1.00 bits per heavy atom. The molecule has 2 rings (SSSR count). The van der Waals surface area contributed by atoms with Gasteiger partial charge >= 0.3 is 0 Å². The maximum atomic E-state index is 10.3. The number of aliphatic hydroxyl groups is 3. The van der Waals surface area contributed by atoms with Crippen molar-refractivity contribution in [1.29, 1.82) is 0 Å². The van der Waals surface area contributed by atoms with Crippen LogP contribution in [0.2, 0.25) is 0 Å². The number of aliphatic hydroxyl groups excluding tert-OH is 3. The molecule has 0 aliphatic heterocycles. The average Bonchev–Trinajstić information content (AvgIpc) is 2.62. The third-order valence-corrected chi connectivity index (χ3v) is 5.33. The molecule has 0 aliphatic rings. The topological polar surface area (TPSA) is 72.7 Å². The summed E-state index contributed by atoms with van der Waals surface area (Å²) in [6.45, 7) is 1.32. The van der Waals surface area contributed by atoms with Crippen molar-refractivity contribution in [3.05, 3.63) is 59.7 Å². The van der Waals surface area contributed by atoms with Crippen LogP contribution in [0.1, 0.15) is 23.7 Å². The van der Waals surface area contributed by atoms with Crippen LogP contribution in [0.5, 0.6) is 0 Å². The highest BCUT2D eigenvalue weighted by Gasteiger charge is 2.31. The van der Waals surface area contributed by atoms with E-state index in [1.54, 1.807) is 11.8 Å². The van der Waals surface area contributed by atoms with Gasteiger partial charge in [-0.05, 0) is 48.5 Å². The van der Waals surface area contributed by atoms with E-state index in [2.05, 4.69) is 36.0 Å². The van der Waals surface area contributed by atoms with Gasteiger partial charge in [0.15, 0.2) is 0 Å². The van der Waals surface area contributed by atoms with Gasteiger partial charge in [-0.2, -0.15) is 0 Å². The molecule has 1 unspecified atom stereocenters. The lowest BCUT2D eigenvalue weighted by molar-refractivity contribution is 0.0526. The molecule has 0 spiro atoms. The van der Waals surface area contributed by atoms with Crippen LogP contribution in [0.15, 0.2) is 58.3 Å². The Bertz CT molecular complexity index is 621. The second kappa shape index (κ2) is 8.85. The quantitative estimate of drug-likeness (QED) is 0.540. The molecular formula is C18H22ClNO3S. The fraction of sp³-hybridized carbons (Fsp3) is 0.333. The van der Waals surface area contributed by atoms with Gasteiger partial charge in [-0.1, -0.05) is 41.6 Å². The van der Waals surface area contributed by atoms with Crippen LogP contribution < -0.4 is 4.84 Å². The number of halogens is 1. The number of rotatable bonds is 8. The average molecular weight is 368 g/mol. The van der Waals surface area contributed by atoms with Crippen molar-refractivity contribution in [1.82, 2.24) is 4.84 Å². The molecule has 4 nitrogen and oxygen atoms in total. The summed E-state index contributed by atoms with van der Waals surface area (Å²) < 4.78 is 0. The zero-order chi connectivity index (χ0) is 17.6. The zero-order valence-electron chi connectivity index (χ0n) is 13.4. The van der Waals surface area contributed by atoms with E-state index in [1.165, 1.54) is 5.56 Å². The minimum atomic E-state index is -1.11. The molecule has 0 fully saturated rings. The summed E-state index contributed by atoms with van der Waals surface area (Å²) in [7, 11) is 0. The number of nitrogens with one attached hydrogen (secondary N) is 1. The Hall–Kier alpha value is -1.08. The second-order valence-corrected chi connectivity index (χ2v) is 7.23.